The summed E-state index contributed by atoms with van der Waals surface area (Å²) >= 11 is 5.46. The molecule has 0 amide bonds. The molecule has 0 aliphatic rings. The Kier molecular flexibility index (Phi) is 3.07. The fourth-order valence-electron chi connectivity index (χ4n) is 1.41. The van der Waals surface area contributed by atoms with Crippen molar-refractivity contribution in [3.8, 4) is 11.1 Å². The Bertz CT molecular complexity index is 581. The summed E-state index contributed by atoms with van der Waals surface area (Å²) < 4.78 is 52.3. The Morgan fingerprint density at radius 2 is 1.47 bits per heavy atom. The second kappa shape index (κ2) is 4.37. The lowest BCUT2D eigenvalue weighted by Crippen LogP contribution is -1.94. The molecule has 0 fully saturated rings. The highest BCUT2D eigenvalue weighted by molar-refractivity contribution is 6.30. The van der Waals surface area contributed by atoms with Crippen molar-refractivity contribution in [1.82, 2.24) is 0 Å². The van der Waals surface area contributed by atoms with Crippen LogP contribution in [0.4, 0.5) is 17.6 Å². The van der Waals surface area contributed by atoms with E-state index in [1.54, 1.807) is 0 Å². The average Bonchev–Trinajstić information content (AvgIpc) is 2.30. The molecule has 2 aromatic rings. The van der Waals surface area contributed by atoms with Crippen LogP contribution in [-0.4, -0.2) is 0 Å². The van der Waals surface area contributed by atoms with Crippen molar-refractivity contribution in [3.05, 3.63) is 58.6 Å². The smallest absolute Gasteiger partial charge is 0.195 e. The van der Waals surface area contributed by atoms with E-state index < -0.39 is 23.3 Å². The van der Waals surface area contributed by atoms with Crippen molar-refractivity contribution in [2.45, 2.75) is 0 Å². The maximum atomic E-state index is 13.4. The van der Waals surface area contributed by atoms with Crippen molar-refractivity contribution in [2.75, 3.05) is 0 Å². The van der Waals surface area contributed by atoms with E-state index in [2.05, 4.69) is 0 Å². The molecule has 17 heavy (non-hydrogen) atoms. The van der Waals surface area contributed by atoms with E-state index in [-0.39, 0.29) is 16.1 Å². The number of halogens is 5. The molecule has 0 heterocycles. The first-order valence-corrected chi connectivity index (χ1v) is 4.97. The van der Waals surface area contributed by atoms with Gasteiger partial charge in [0.1, 0.15) is 5.82 Å². The molecule has 0 aliphatic carbocycles. The van der Waals surface area contributed by atoms with E-state index >= 15 is 0 Å². The molecule has 0 bridgehead atoms. The van der Waals surface area contributed by atoms with Gasteiger partial charge in [0.2, 0.25) is 0 Å². The molecule has 88 valence electrons. The largest absolute Gasteiger partial charge is 0.205 e. The fraction of sp³-hybridized carbons (Fsp3) is 0. The van der Waals surface area contributed by atoms with Crippen LogP contribution in [0.15, 0.2) is 30.3 Å². The summed E-state index contributed by atoms with van der Waals surface area (Å²) in [6, 6.07) is 5.31. The third-order valence-corrected chi connectivity index (χ3v) is 2.57. The number of hydrogen-bond donors (Lipinski definition) is 0. The lowest BCUT2D eigenvalue weighted by molar-refractivity contribution is 0.449. The minimum atomic E-state index is -1.59. The van der Waals surface area contributed by atoms with Crippen molar-refractivity contribution in [1.29, 1.82) is 0 Å². The molecule has 0 saturated carbocycles. The van der Waals surface area contributed by atoms with Crippen LogP contribution < -0.4 is 0 Å². The van der Waals surface area contributed by atoms with E-state index in [0.29, 0.717) is 0 Å². The van der Waals surface area contributed by atoms with E-state index in [9.17, 15) is 17.6 Å². The van der Waals surface area contributed by atoms with Crippen LogP contribution in [0.2, 0.25) is 5.02 Å². The lowest BCUT2D eigenvalue weighted by atomic mass is 10.0. The van der Waals surface area contributed by atoms with Gasteiger partial charge in [-0.15, -0.1) is 0 Å². The normalized spacial score (nSPS) is 10.6. The highest BCUT2D eigenvalue weighted by Crippen LogP contribution is 2.28. The Morgan fingerprint density at radius 3 is 2.12 bits per heavy atom. The van der Waals surface area contributed by atoms with Gasteiger partial charge in [-0.3, -0.25) is 0 Å². The van der Waals surface area contributed by atoms with E-state index in [0.717, 1.165) is 18.2 Å². The highest BCUT2D eigenvalue weighted by atomic mass is 35.5. The van der Waals surface area contributed by atoms with Crippen molar-refractivity contribution in [3.63, 3.8) is 0 Å². The molecule has 2 aromatic carbocycles. The van der Waals surface area contributed by atoms with Gasteiger partial charge >= 0.3 is 0 Å². The lowest BCUT2D eigenvalue weighted by Gasteiger charge is -2.05. The van der Waals surface area contributed by atoms with Crippen molar-refractivity contribution >= 4 is 11.6 Å². The predicted molar refractivity (Wildman–Crippen MR) is 56.7 cm³/mol. The number of benzene rings is 2. The van der Waals surface area contributed by atoms with Crippen LogP contribution in [-0.2, 0) is 0 Å². The average molecular weight is 261 g/mol. The molecule has 5 heteroatoms. The molecule has 0 unspecified atom stereocenters. The molecule has 0 nitrogen and oxygen atoms in total. The standard InChI is InChI=1S/C12H5ClF4/c13-8-3-1-6(5-10(8)15)7-2-4-9(14)12(17)11(7)16/h1-5H. The SMILES string of the molecule is Fc1cc(-c2ccc(F)c(F)c2F)ccc1Cl. The summed E-state index contributed by atoms with van der Waals surface area (Å²) in [6.07, 6.45) is 0. The second-order valence-corrected chi connectivity index (χ2v) is 3.76. The molecule has 0 saturated heterocycles. The minimum absolute atomic E-state index is 0.0864. The Balaban J connectivity index is 2.61. The quantitative estimate of drug-likeness (QED) is 0.521. The zero-order valence-corrected chi connectivity index (χ0v) is 9.03. The topological polar surface area (TPSA) is 0 Å². The molecule has 0 aliphatic heterocycles. The fourth-order valence-corrected chi connectivity index (χ4v) is 1.53. The van der Waals surface area contributed by atoms with Gasteiger partial charge in [0.15, 0.2) is 17.5 Å². The Labute approximate surface area is 99.5 Å². The van der Waals surface area contributed by atoms with Gasteiger partial charge in [0.25, 0.3) is 0 Å². The maximum Gasteiger partial charge on any atom is 0.195 e. The van der Waals surface area contributed by atoms with Crippen LogP contribution in [0, 0.1) is 23.3 Å². The van der Waals surface area contributed by atoms with Gasteiger partial charge in [-0.1, -0.05) is 17.7 Å². The zero-order valence-electron chi connectivity index (χ0n) is 8.28. The van der Waals surface area contributed by atoms with E-state index in [4.69, 9.17) is 11.6 Å². The summed E-state index contributed by atoms with van der Waals surface area (Å²) in [6.45, 7) is 0. The summed E-state index contributed by atoms with van der Waals surface area (Å²) in [5.41, 5.74) is -0.136. The van der Waals surface area contributed by atoms with Crippen LogP contribution in [0.3, 0.4) is 0 Å². The molecule has 0 radical (unpaired) electrons. The first-order chi connectivity index (χ1) is 8.00. The van der Waals surface area contributed by atoms with Crippen LogP contribution >= 0.6 is 11.6 Å². The van der Waals surface area contributed by atoms with E-state index in [1.165, 1.54) is 12.1 Å². The molecule has 0 atom stereocenters. The van der Waals surface area contributed by atoms with Crippen LogP contribution in [0.5, 0.6) is 0 Å². The van der Waals surface area contributed by atoms with Gasteiger partial charge in [-0.25, -0.2) is 17.6 Å². The molecule has 0 N–H and O–H groups in total. The van der Waals surface area contributed by atoms with E-state index in [1.807, 2.05) is 0 Å². The Hall–Kier alpha value is -1.55. The van der Waals surface area contributed by atoms with Gasteiger partial charge in [0.05, 0.1) is 5.02 Å². The summed E-state index contributed by atoms with van der Waals surface area (Å²) in [7, 11) is 0. The first-order valence-electron chi connectivity index (χ1n) is 4.59. The summed E-state index contributed by atoms with van der Waals surface area (Å²) in [5, 5.41) is -0.128. The first kappa shape index (κ1) is 11.9. The third kappa shape index (κ3) is 2.13. The van der Waals surface area contributed by atoms with Crippen molar-refractivity contribution < 1.29 is 17.6 Å². The summed E-state index contributed by atoms with van der Waals surface area (Å²) in [4.78, 5) is 0. The predicted octanol–water partition coefficient (Wildman–Crippen LogP) is 4.56. The molecule has 2 rings (SSSR count). The highest BCUT2D eigenvalue weighted by Gasteiger charge is 2.15. The molecule has 0 aromatic heterocycles. The number of hydrogen-bond acceptors (Lipinski definition) is 0. The van der Waals surface area contributed by atoms with Gasteiger partial charge in [0, 0.05) is 5.56 Å². The third-order valence-electron chi connectivity index (χ3n) is 2.27. The Morgan fingerprint density at radius 1 is 0.765 bits per heavy atom. The van der Waals surface area contributed by atoms with Gasteiger partial charge in [-0.05, 0) is 29.8 Å². The van der Waals surface area contributed by atoms with Gasteiger partial charge < -0.3 is 0 Å². The molecular formula is C12H5ClF4. The van der Waals surface area contributed by atoms with Gasteiger partial charge in [-0.2, -0.15) is 0 Å². The molecule has 0 spiro atoms. The maximum absolute atomic E-state index is 13.4. The van der Waals surface area contributed by atoms with Crippen LogP contribution in [0.25, 0.3) is 11.1 Å². The van der Waals surface area contributed by atoms with Crippen molar-refractivity contribution in [2.24, 2.45) is 0 Å². The summed E-state index contributed by atoms with van der Waals surface area (Å²) in [5.74, 6) is -4.99. The number of rotatable bonds is 1. The minimum Gasteiger partial charge on any atom is -0.205 e. The zero-order chi connectivity index (χ0) is 12.6. The second-order valence-electron chi connectivity index (χ2n) is 3.35. The molecular weight excluding hydrogens is 256 g/mol. The van der Waals surface area contributed by atoms with Crippen LogP contribution in [0.1, 0.15) is 0 Å². The monoisotopic (exact) mass is 260 g/mol.